The van der Waals surface area contributed by atoms with Gasteiger partial charge in [0.25, 0.3) is 0 Å². The number of hydrogen-bond acceptors (Lipinski definition) is 4. The minimum absolute atomic E-state index is 0.281. The first-order chi connectivity index (χ1) is 14.7. The number of hydrogen-bond donors (Lipinski definition) is 2. The normalized spacial score (nSPS) is 17.7. The summed E-state index contributed by atoms with van der Waals surface area (Å²) in [5.41, 5.74) is 1.33. The SMILES string of the molecule is CCNC(=NCC(c1ccccc1)N1CCOCC1)NC(C)CCCN(CC)CC. The first kappa shape index (κ1) is 24.6. The predicted molar refractivity (Wildman–Crippen MR) is 127 cm³/mol. The van der Waals surface area contributed by atoms with Crippen molar-refractivity contribution in [1.82, 2.24) is 20.4 Å². The van der Waals surface area contributed by atoms with Crippen LogP contribution in [0.2, 0.25) is 0 Å². The zero-order chi connectivity index (χ0) is 21.6. The Morgan fingerprint density at radius 2 is 1.83 bits per heavy atom. The molecule has 1 saturated heterocycles. The number of nitrogens with zero attached hydrogens (tertiary/aromatic N) is 3. The van der Waals surface area contributed by atoms with Crippen LogP contribution in [0.25, 0.3) is 0 Å². The zero-order valence-electron chi connectivity index (χ0n) is 19.6. The van der Waals surface area contributed by atoms with E-state index in [4.69, 9.17) is 9.73 Å². The van der Waals surface area contributed by atoms with Gasteiger partial charge in [0.1, 0.15) is 0 Å². The molecule has 0 saturated carbocycles. The Labute approximate surface area is 184 Å². The van der Waals surface area contributed by atoms with E-state index in [0.29, 0.717) is 6.04 Å². The Bertz CT molecular complexity index is 585. The van der Waals surface area contributed by atoms with E-state index in [9.17, 15) is 0 Å². The number of morpholine rings is 1. The van der Waals surface area contributed by atoms with E-state index in [-0.39, 0.29) is 6.04 Å². The highest BCUT2D eigenvalue weighted by Gasteiger charge is 2.22. The predicted octanol–water partition coefficient (Wildman–Crippen LogP) is 3.13. The summed E-state index contributed by atoms with van der Waals surface area (Å²) in [6.07, 6.45) is 2.35. The third kappa shape index (κ3) is 8.62. The van der Waals surface area contributed by atoms with Crippen LogP contribution >= 0.6 is 0 Å². The topological polar surface area (TPSA) is 52.1 Å². The molecule has 0 aromatic heterocycles. The fourth-order valence-corrected chi connectivity index (χ4v) is 3.96. The molecular weight excluding hydrogens is 374 g/mol. The van der Waals surface area contributed by atoms with Crippen molar-refractivity contribution < 1.29 is 4.74 Å². The first-order valence-corrected chi connectivity index (χ1v) is 11.8. The highest BCUT2D eigenvalue weighted by Crippen LogP contribution is 2.22. The van der Waals surface area contributed by atoms with Gasteiger partial charge in [0.2, 0.25) is 0 Å². The first-order valence-electron chi connectivity index (χ1n) is 11.8. The number of aliphatic imine (C=N–C) groups is 1. The molecule has 30 heavy (non-hydrogen) atoms. The highest BCUT2D eigenvalue weighted by molar-refractivity contribution is 5.80. The monoisotopic (exact) mass is 417 g/mol. The summed E-state index contributed by atoms with van der Waals surface area (Å²) < 4.78 is 5.57. The second-order valence-corrected chi connectivity index (χ2v) is 8.01. The molecule has 1 heterocycles. The van der Waals surface area contributed by atoms with Crippen molar-refractivity contribution in [3.63, 3.8) is 0 Å². The summed E-state index contributed by atoms with van der Waals surface area (Å²) in [4.78, 5) is 9.97. The van der Waals surface area contributed by atoms with Gasteiger partial charge in [-0.15, -0.1) is 0 Å². The lowest BCUT2D eigenvalue weighted by Gasteiger charge is -2.34. The molecule has 170 valence electrons. The Morgan fingerprint density at radius 1 is 1.13 bits per heavy atom. The second-order valence-electron chi connectivity index (χ2n) is 8.01. The smallest absolute Gasteiger partial charge is 0.191 e. The summed E-state index contributed by atoms with van der Waals surface area (Å²) >= 11 is 0. The van der Waals surface area contributed by atoms with Crippen LogP contribution in [0.3, 0.4) is 0 Å². The van der Waals surface area contributed by atoms with Gasteiger partial charge in [0, 0.05) is 25.7 Å². The molecule has 0 aliphatic carbocycles. The molecule has 0 spiro atoms. The van der Waals surface area contributed by atoms with Gasteiger partial charge in [-0.2, -0.15) is 0 Å². The lowest BCUT2D eigenvalue weighted by molar-refractivity contribution is 0.0179. The number of benzene rings is 1. The minimum atomic E-state index is 0.281. The molecule has 1 aromatic carbocycles. The van der Waals surface area contributed by atoms with Crippen LogP contribution in [-0.2, 0) is 4.74 Å². The summed E-state index contributed by atoms with van der Waals surface area (Å²) in [6.45, 7) is 17.4. The van der Waals surface area contributed by atoms with Gasteiger partial charge in [-0.25, -0.2) is 0 Å². The fraction of sp³-hybridized carbons (Fsp3) is 0.708. The Morgan fingerprint density at radius 3 is 2.47 bits per heavy atom. The van der Waals surface area contributed by atoms with Crippen LogP contribution in [-0.4, -0.2) is 80.8 Å². The maximum atomic E-state index is 5.57. The van der Waals surface area contributed by atoms with Crippen molar-refractivity contribution in [3.8, 4) is 0 Å². The lowest BCUT2D eigenvalue weighted by Crippen LogP contribution is -2.44. The van der Waals surface area contributed by atoms with Crippen molar-refractivity contribution in [2.24, 2.45) is 4.99 Å². The quantitative estimate of drug-likeness (QED) is 0.404. The lowest BCUT2D eigenvalue weighted by atomic mass is 10.0. The third-order valence-corrected chi connectivity index (χ3v) is 5.83. The molecule has 2 atom stereocenters. The highest BCUT2D eigenvalue weighted by atomic mass is 16.5. The summed E-state index contributed by atoms with van der Waals surface area (Å²) in [6, 6.07) is 11.4. The van der Waals surface area contributed by atoms with E-state index < -0.39 is 0 Å². The summed E-state index contributed by atoms with van der Waals surface area (Å²) in [7, 11) is 0. The van der Waals surface area contributed by atoms with Crippen LogP contribution < -0.4 is 10.6 Å². The van der Waals surface area contributed by atoms with Gasteiger partial charge >= 0.3 is 0 Å². The van der Waals surface area contributed by atoms with Gasteiger partial charge < -0.3 is 20.3 Å². The van der Waals surface area contributed by atoms with Crippen LogP contribution in [0.5, 0.6) is 0 Å². The number of nitrogens with one attached hydrogen (secondary N) is 2. The summed E-state index contributed by atoms with van der Waals surface area (Å²) in [5, 5.41) is 7.04. The molecule has 2 N–H and O–H groups in total. The Hall–Kier alpha value is -1.63. The molecule has 2 unspecified atom stereocenters. The van der Waals surface area contributed by atoms with Crippen molar-refractivity contribution in [2.75, 3.05) is 59.0 Å². The molecule has 2 rings (SSSR count). The van der Waals surface area contributed by atoms with E-state index in [1.807, 2.05) is 0 Å². The van der Waals surface area contributed by atoms with Gasteiger partial charge in [0.15, 0.2) is 5.96 Å². The fourth-order valence-electron chi connectivity index (χ4n) is 3.96. The van der Waals surface area contributed by atoms with Crippen LogP contribution in [0.4, 0.5) is 0 Å². The maximum Gasteiger partial charge on any atom is 0.191 e. The van der Waals surface area contributed by atoms with Gasteiger partial charge in [-0.05, 0) is 51.9 Å². The van der Waals surface area contributed by atoms with Crippen molar-refractivity contribution in [1.29, 1.82) is 0 Å². The van der Waals surface area contributed by atoms with E-state index >= 15 is 0 Å². The third-order valence-electron chi connectivity index (χ3n) is 5.83. The molecule has 1 aliphatic heterocycles. The standard InChI is InChI=1S/C24H43N5O/c1-5-25-24(27-21(4)12-11-15-28(6-2)7-3)26-20-23(22-13-9-8-10-14-22)29-16-18-30-19-17-29/h8-10,13-14,21,23H,5-7,11-12,15-20H2,1-4H3,(H2,25,26,27). The average Bonchev–Trinajstić information content (AvgIpc) is 2.78. The molecule has 1 fully saturated rings. The molecule has 0 amide bonds. The second kappa shape index (κ2) is 14.4. The Balaban J connectivity index is 1.97. The minimum Gasteiger partial charge on any atom is -0.379 e. The molecular formula is C24H43N5O. The van der Waals surface area contributed by atoms with Crippen molar-refractivity contribution in [2.45, 2.75) is 52.6 Å². The van der Waals surface area contributed by atoms with E-state index in [0.717, 1.165) is 64.9 Å². The molecule has 1 aliphatic rings. The van der Waals surface area contributed by atoms with Gasteiger partial charge in [-0.3, -0.25) is 9.89 Å². The molecule has 6 heteroatoms. The maximum absolute atomic E-state index is 5.57. The number of guanidine groups is 1. The molecule has 1 aromatic rings. The van der Waals surface area contributed by atoms with Gasteiger partial charge in [0.05, 0.1) is 25.8 Å². The van der Waals surface area contributed by atoms with Crippen LogP contribution in [0.1, 0.15) is 52.1 Å². The largest absolute Gasteiger partial charge is 0.379 e. The molecule has 6 nitrogen and oxygen atoms in total. The molecule has 0 bridgehead atoms. The van der Waals surface area contributed by atoms with Crippen LogP contribution in [0, 0.1) is 0 Å². The van der Waals surface area contributed by atoms with E-state index in [2.05, 4.69) is 78.5 Å². The van der Waals surface area contributed by atoms with Crippen molar-refractivity contribution >= 4 is 5.96 Å². The van der Waals surface area contributed by atoms with Crippen molar-refractivity contribution in [3.05, 3.63) is 35.9 Å². The van der Waals surface area contributed by atoms with Gasteiger partial charge in [-0.1, -0.05) is 44.2 Å². The number of rotatable bonds is 12. The number of ether oxygens (including phenoxy) is 1. The van der Waals surface area contributed by atoms with Crippen LogP contribution in [0.15, 0.2) is 35.3 Å². The summed E-state index contributed by atoms with van der Waals surface area (Å²) in [5.74, 6) is 0.919. The Kier molecular flexibility index (Phi) is 11.8. The molecule has 0 radical (unpaired) electrons. The van der Waals surface area contributed by atoms with E-state index in [1.54, 1.807) is 0 Å². The van der Waals surface area contributed by atoms with E-state index in [1.165, 1.54) is 18.5 Å². The average molecular weight is 418 g/mol. The zero-order valence-corrected chi connectivity index (χ0v) is 19.6.